The first kappa shape index (κ1) is 8.19. The van der Waals surface area contributed by atoms with Crippen molar-refractivity contribution in [2.45, 2.75) is 0 Å². The van der Waals surface area contributed by atoms with E-state index in [4.69, 9.17) is 10.6 Å². The Kier molecular flexibility index (Phi) is 3.30. The van der Waals surface area contributed by atoms with E-state index in [1.165, 1.54) is 0 Å². The van der Waals surface area contributed by atoms with Gasteiger partial charge in [-0.2, -0.15) is 0 Å². The highest BCUT2D eigenvalue weighted by atomic mass is 16.5. The Morgan fingerprint density at radius 1 is 1.25 bits per heavy atom. The van der Waals surface area contributed by atoms with E-state index in [-0.39, 0.29) is 0 Å². The standard InChI is InChI=1S/C7H8N4O/c8-10-11-9-6-12-7-4-2-1-3-5-7/h1-6H,(H2,8,11)/b9-6-. The summed E-state index contributed by atoms with van der Waals surface area (Å²) in [7, 11) is 0. The van der Waals surface area contributed by atoms with Gasteiger partial charge < -0.3 is 10.6 Å². The minimum atomic E-state index is 0.688. The van der Waals surface area contributed by atoms with Crippen LogP contribution in [-0.4, -0.2) is 6.40 Å². The van der Waals surface area contributed by atoms with Crippen LogP contribution in [-0.2, 0) is 0 Å². The van der Waals surface area contributed by atoms with E-state index in [0.29, 0.717) is 5.75 Å². The number of nitrogens with zero attached hydrogens (tertiary/aromatic N) is 3. The lowest BCUT2D eigenvalue weighted by atomic mass is 10.3. The van der Waals surface area contributed by atoms with Gasteiger partial charge in [-0.25, -0.2) is 0 Å². The molecule has 12 heavy (non-hydrogen) atoms. The molecule has 2 N–H and O–H groups in total. The molecule has 0 saturated heterocycles. The van der Waals surface area contributed by atoms with Gasteiger partial charge >= 0.3 is 0 Å². The maximum absolute atomic E-state index is 5.01. The zero-order chi connectivity index (χ0) is 8.65. The Balaban J connectivity index is 2.43. The summed E-state index contributed by atoms with van der Waals surface area (Å²) in [6.45, 7) is 0. The van der Waals surface area contributed by atoms with Crippen molar-refractivity contribution < 1.29 is 4.74 Å². The third kappa shape index (κ3) is 2.78. The molecule has 5 heteroatoms. The lowest BCUT2D eigenvalue weighted by Crippen LogP contribution is -1.87. The third-order valence-electron chi connectivity index (χ3n) is 1.08. The van der Waals surface area contributed by atoms with E-state index < -0.39 is 0 Å². The van der Waals surface area contributed by atoms with Crippen molar-refractivity contribution in [3.05, 3.63) is 30.3 Å². The lowest BCUT2D eigenvalue weighted by molar-refractivity contribution is 0.570. The Hall–Kier alpha value is -1.91. The summed E-state index contributed by atoms with van der Waals surface area (Å²) in [6.07, 6.45) is 1.16. The largest absolute Gasteiger partial charge is 0.444 e. The summed E-state index contributed by atoms with van der Waals surface area (Å²) in [5.41, 5.74) is 0. The molecule has 0 atom stereocenters. The molecule has 0 aliphatic heterocycles. The van der Waals surface area contributed by atoms with Crippen molar-refractivity contribution in [3.63, 3.8) is 0 Å². The van der Waals surface area contributed by atoms with Crippen molar-refractivity contribution in [1.29, 1.82) is 0 Å². The van der Waals surface area contributed by atoms with Crippen LogP contribution in [0.3, 0.4) is 0 Å². The average Bonchev–Trinajstić information content (AvgIpc) is 2.14. The number of benzene rings is 1. The van der Waals surface area contributed by atoms with Crippen LogP contribution in [0.1, 0.15) is 0 Å². The Morgan fingerprint density at radius 2 is 2.00 bits per heavy atom. The third-order valence-corrected chi connectivity index (χ3v) is 1.08. The first-order valence-corrected chi connectivity index (χ1v) is 3.27. The number of hydrogen-bond donors (Lipinski definition) is 1. The van der Waals surface area contributed by atoms with Gasteiger partial charge in [0.05, 0.1) is 0 Å². The zero-order valence-electron chi connectivity index (χ0n) is 6.29. The van der Waals surface area contributed by atoms with Crippen LogP contribution in [0, 0.1) is 0 Å². The molecule has 0 fully saturated rings. The van der Waals surface area contributed by atoms with E-state index in [1.807, 2.05) is 18.2 Å². The molecular formula is C7H8N4O. The maximum atomic E-state index is 5.01. The highest BCUT2D eigenvalue weighted by Crippen LogP contribution is 2.06. The molecule has 62 valence electrons. The summed E-state index contributed by atoms with van der Waals surface area (Å²) >= 11 is 0. The molecule has 0 bridgehead atoms. The Morgan fingerprint density at radius 3 is 2.67 bits per heavy atom. The molecule has 5 nitrogen and oxygen atoms in total. The second-order valence-electron chi connectivity index (χ2n) is 1.86. The fourth-order valence-electron chi connectivity index (χ4n) is 0.634. The lowest BCUT2D eigenvalue weighted by Gasteiger charge is -1.94. The van der Waals surface area contributed by atoms with Crippen LogP contribution >= 0.6 is 0 Å². The van der Waals surface area contributed by atoms with Crippen LogP contribution in [0.4, 0.5) is 0 Å². The molecule has 0 aliphatic carbocycles. The van der Waals surface area contributed by atoms with Crippen LogP contribution in [0.5, 0.6) is 5.75 Å². The molecule has 1 rings (SSSR count). The molecule has 0 unspecified atom stereocenters. The molecule has 0 radical (unpaired) electrons. The highest BCUT2D eigenvalue weighted by molar-refractivity contribution is 5.51. The van der Waals surface area contributed by atoms with E-state index in [2.05, 4.69) is 15.5 Å². The maximum Gasteiger partial charge on any atom is 0.203 e. The van der Waals surface area contributed by atoms with Crippen LogP contribution in [0.2, 0.25) is 0 Å². The van der Waals surface area contributed by atoms with Gasteiger partial charge in [0.15, 0.2) is 0 Å². The van der Waals surface area contributed by atoms with Gasteiger partial charge in [-0.1, -0.05) is 28.5 Å². The van der Waals surface area contributed by atoms with E-state index in [9.17, 15) is 0 Å². The summed E-state index contributed by atoms with van der Waals surface area (Å²) in [4.78, 5) is 0. The van der Waals surface area contributed by atoms with Gasteiger partial charge in [0.1, 0.15) is 5.75 Å². The highest BCUT2D eigenvalue weighted by Gasteiger charge is 1.84. The average molecular weight is 164 g/mol. The number of nitrogens with two attached hydrogens (primary N) is 1. The molecule has 0 heterocycles. The van der Waals surface area contributed by atoms with Crippen molar-refractivity contribution in [3.8, 4) is 5.75 Å². The van der Waals surface area contributed by atoms with E-state index in [0.717, 1.165) is 6.40 Å². The van der Waals surface area contributed by atoms with Crippen molar-refractivity contribution >= 4 is 6.40 Å². The van der Waals surface area contributed by atoms with Gasteiger partial charge in [0.25, 0.3) is 0 Å². The van der Waals surface area contributed by atoms with Crippen molar-refractivity contribution in [2.75, 3.05) is 0 Å². The van der Waals surface area contributed by atoms with Gasteiger partial charge in [-0.3, -0.25) is 0 Å². The number of rotatable bonds is 3. The normalized spacial score (nSPS) is 11.0. The summed E-state index contributed by atoms with van der Waals surface area (Å²) in [5.74, 6) is 5.39. The number of para-hydroxylation sites is 1. The number of ether oxygens (including phenoxy) is 1. The summed E-state index contributed by atoms with van der Waals surface area (Å²) < 4.78 is 5.01. The number of hydrogen-bond acceptors (Lipinski definition) is 3. The predicted octanol–water partition coefficient (Wildman–Crippen LogP) is 1.33. The topological polar surface area (TPSA) is 72.3 Å². The fourth-order valence-corrected chi connectivity index (χ4v) is 0.634. The molecule has 1 aromatic carbocycles. The molecule has 0 aliphatic rings. The zero-order valence-corrected chi connectivity index (χ0v) is 6.29. The molecule has 0 amide bonds. The molecular weight excluding hydrogens is 156 g/mol. The van der Waals surface area contributed by atoms with E-state index >= 15 is 0 Å². The van der Waals surface area contributed by atoms with Crippen LogP contribution < -0.4 is 10.6 Å². The second kappa shape index (κ2) is 4.84. The van der Waals surface area contributed by atoms with Crippen molar-refractivity contribution in [2.24, 2.45) is 21.4 Å². The Labute approximate surface area is 69.5 Å². The van der Waals surface area contributed by atoms with Gasteiger partial charge in [-0.15, -0.1) is 0 Å². The molecule has 1 aromatic rings. The molecule has 0 saturated carbocycles. The summed E-state index contributed by atoms with van der Waals surface area (Å²) in [5, 5.41) is 9.42. The van der Waals surface area contributed by atoms with Crippen LogP contribution in [0.25, 0.3) is 0 Å². The second-order valence-corrected chi connectivity index (χ2v) is 1.86. The van der Waals surface area contributed by atoms with Crippen LogP contribution in [0.15, 0.2) is 45.9 Å². The van der Waals surface area contributed by atoms with Crippen molar-refractivity contribution in [1.82, 2.24) is 0 Å². The quantitative estimate of drug-likeness (QED) is 0.240. The van der Waals surface area contributed by atoms with E-state index in [1.54, 1.807) is 12.1 Å². The smallest absolute Gasteiger partial charge is 0.203 e. The predicted molar refractivity (Wildman–Crippen MR) is 44.6 cm³/mol. The summed E-state index contributed by atoms with van der Waals surface area (Å²) in [6, 6.07) is 9.20. The first-order chi connectivity index (χ1) is 5.93. The Bertz CT molecular complexity index is 270. The minimum Gasteiger partial charge on any atom is -0.444 e. The SMILES string of the molecule is NN=N/N=C\Oc1ccccc1. The monoisotopic (exact) mass is 164 g/mol. The minimum absolute atomic E-state index is 0.688. The van der Waals surface area contributed by atoms with Gasteiger partial charge in [0.2, 0.25) is 6.40 Å². The molecule has 0 spiro atoms. The molecule has 0 aromatic heterocycles. The van der Waals surface area contributed by atoms with Gasteiger partial charge in [-0.05, 0) is 17.4 Å². The van der Waals surface area contributed by atoms with Gasteiger partial charge in [0, 0.05) is 0 Å². The fraction of sp³-hybridized carbons (Fsp3) is 0. The first-order valence-electron chi connectivity index (χ1n) is 3.27.